The zero-order chi connectivity index (χ0) is 15.5. The smallest absolute Gasteiger partial charge is 0.0835 e. The van der Waals surface area contributed by atoms with E-state index < -0.39 is 11.5 Å². The van der Waals surface area contributed by atoms with Crippen molar-refractivity contribution in [2.75, 3.05) is 0 Å². The number of aliphatic hydroxyl groups is 1. The molecule has 0 aliphatic heterocycles. The number of rotatable bonds is 2. The van der Waals surface area contributed by atoms with E-state index in [1.807, 2.05) is 0 Å². The van der Waals surface area contributed by atoms with Crippen molar-refractivity contribution < 1.29 is 5.11 Å². The van der Waals surface area contributed by atoms with E-state index >= 15 is 0 Å². The van der Waals surface area contributed by atoms with Crippen molar-refractivity contribution in [3.63, 3.8) is 0 Å². The van der Waals surface area contributed by atoms with Crippen molar-refractivity contribution in [1.82, 2.24) is 0 Å². The van der Waals surface area contributed by atoms with Gasteiger partial charge in [-0.3, -0.25) is 0 Å². The first-order valence-electron chi connectivity index (χ1n) is 8.98. The van der Waals surface area contributed by atoms with Gasteiger partial charge in [0, 0.05) is 0 Å². The predicted octanol–water partition coefficient (Wildman–Crippen LogP) is 5.06. The number of aliphatic hydroxyl groups excluding tert-OH is 1. The minimum atomic E-state index is -0.462. The van der Waals surface area contributed by atoms with Crippen LogP contribution in [0.25, 0.3) is 0 Å². The summed E-state index contributed by atoms with van der Waals surface area (Å²) in [4.78, 5) is 0. The fraction of sp³-hybridized carbons (Fsp3) is 0.947. The normalized spacial score (nSPS) is 34.0. The van der Waals surface area contributed by atoms with Crippen LogP contribution in [0.2, 0.25) is 0 Å². The Labute approximate surface area is 130 Å². The molecule has 2 rings (SSSR count). The van der Waals surface area contributed by atoms with Gasteiger partial charge in [-0.2, -0.15) is 5.26 Å². The molecular formula is C19H33NO. The molecule has 0 aromatic heterocycles. The van der Waals surface area contributed by atoms with Crippen molar-refractivity contribution in [3.05, 3.63) is 0 Å². The Morgan fingerprint density at radius 3 is 1.95 bits per heavy atom. The van der Waals surface area contributed by atoms with Crippen LogP contribution >= 0.6 is 0 Å². The van der Waals surface area contributed by atoms with E-state index in [0.29, 0.717) is 17.3 Å². The van der Waals surface area contributed by atoms with Crippen molar-refractivity contribution in [3.8, 4) is 6.07 Å². The summed E-state index contributed by atoms with van der Waals surface area (Å²) in [5, 5.41) is 20.7. The zero-order valence-electron chi connectivity index (χ0n) is 14.2. The second-order valence-electron chi connectivity index (χ2n) is 8.60. The van der Waals surface area contributed by atoms with Gasteiger partial charge in [0.05, 0.1) is 17.6 Å². The van der Waals surface area contributed by atoms with Gasteiger partial charge in [0.2, 0.25) is 0 Å². The Bertz CT molecular complexity index is 360. The highest BCUT2D eigenvalue weighted by atomic mass is 16.3. The van der Waals surface area contributed by atoms with E-state index in [2.05, 4.69) is 26.8 Å². The van der Waals surface area contributed by atoms with Gasteiger partial charge in [-0.15, -0.1) is 0 Å². The summed E-state index contributed by atoms with van der Waals surface area (Å²) in [7, 11) is 0. The molecule has 1 N–H and O–H groups in total. The average molecular weight is 291 g/mol. The van der Waals surface area contributed by atoms with Gasteiger partial charge in [-0.05, 0) is 55.8 Å². The molecule has 2 heteroatoms. The van der Waals surface area contributed by atoms with Crippen LogP contribution in [0.3, 0.4) is 0 Å². The molecule has 2 fully saturated rings. The molecule has 2 saturated carbocycles. The molecular weight excluding hydrogens is 258 g/mol. The van der Waals surface area contributed by atoms with Crippen LogP contribution in [0.5, 0.6) is 0 Å². The summed E-state index contributed by atoms with van der Waals surface area (Å²) in [6.07, 6.45) is 10.9. The third-order valence-electron chi connectivity index (χ3n) is 6.24. The van der Waals surface area contributed by atoms with Gasteiger partial charge in [0.25, 0.3) is 0 Å². The molecule has 0 radical (unpaired) electrons. The minimum Gasteiger partial charge on any atom is -0.391 e. The highest BCUT2D eigenvalue weighted by molar-refractivity contribution is 5.08. The molecule has 0 heterocycles. The van der Waals surface area contributed by atoms with E-state index in [1.54, 1.807) is 0 Å². The monoisotopic (exact) mass is 291 g/mol. The predicted molar refractivity (Wildman–Crippen MR) is 86.7 cm³/mol. The van der Waals surface area contributed by atoms with E-state index in [0.717, 1.165) is 38.5 Å². The molecule has 0 saturated heterocycles. The average Bonchev–Trinajstić information content (AvgIpc) is 2.74. The van der Waals surface area contributed by atoms with Crippen LogP contribution < -0.4 is 0 Å². The van der Waals surface area contributed by atoms with Crippen LogP contribution in [-0.2, 0) is 0 Å². The maximum Gasteiger partial charge on any atom is 0.0835 e. The molecule has 0 bridgehead atoms. The molecule has 2 aliphatic carbocycles. The molecule has 0 spiro atoms. The number of hydrogen-bond acceptors (Lipinski definition) is 2. The third-order valence-corrected chi connectivity index (χ3v) is 6.24. The first-order chi connectivity index (χ1) is 9.89. The minimum absolute atomic E-state index is 0.328. The van der Waals surface area contributed by atoms with E-state index in [1.165, 1.54) is 25.7 Å². The van der Waals surface area contributed by atoms with Crippen molar-refractivity contribution in [2.45, 2.75) is 91.1 Å². The summed E-state index contributed by atoms with van der Waals surface area (Å²) in [6.45, 7) is 6.91. The van der Waals surface area contributed by atoms with Crippen molar-refractivity contribution >= 4 is 0 Å². The van der Waals surface area contributed by atoms with Crippen LogP contribution in [0, 0.1) is 34.0 Å². The Kier molecular flexibility index (Phi) is 5.36. The Morgan fingerprint density at radius 2 is 1.52 bits per heavy atom. The van der Waals surface area contributed by atoms with E-state index in [-0.39, 0.29) is 0 Å². The standard InChI is InChI=1S/C19H33NO/c1-18(2,3)16-10-12-19(14-20,13-11-16)17(21)15-8-6-4-5-7-9-15/h15-17,21H,4-13H2,1-3H3. The molecule has 0 aromatic carbocycles. The third kappa shape index (κ3) is 3.81. The second kappa shape index (κ2) is 6.69. The van der Waals surface area contributed by atoms with Crippen LogP contribution in [-0.4, -0.2) is 11.2 Å². The van der Waals surface area contributed by atoms with Gasteiger partial charge in [-0.25, -0.2) is 0 Å². The Balaban J connectivity index is 2.03. The molecule has 2 nitrogen and oxygen atoms in total. The Hall–Kier alpha value is -0.550. The highest BCUT2D eigenvalue weighted by Crippen LogP contribution is 2.49. The quantitative estimate of drug-likeness (QED) is 0.722. The van der Waals surface area contributed by atoms with E-state index in [4.69, 9.17) is 0 Å². The number of nitriles is 1. The summed E-state index contributed by atoms with van der Waals surface area (Å²) in [6, 6.07) is 2.56. The maximum atomic E-state index is 10.9. The maximum absolute atomic E-state index is 10.9. The van der Waals surface area contributed by atoms with Crippen LogP contribution in [0.4, 0.5) is 0 Å². The van der Waals surface area contributed by atoms with Crippen LogP contribution in [0.15, 0.2) is 0 Å². The van der Waals surface area contributed by atoms with Gasteiger partial charge in [0.1, 0.15) is 0 Å². The molecule has 0 amide bonds. The van der Waals surface area contributed by atoms with Crippen molar-refractivity contribution in [2.24, 2.45) is 22.7 Å². The lowest BCUT2D eigenvalue weighted by Crippen LogP contribution is -2.43. The summed E-state index contributed by atoms with van der Waals surface area (Å²) >= 11 is 0. The fourth-order valence-electron chi connectivity index (χ4n) is 4.55. The molecule has 1 unspecified atom stereocenters. The zero-order valence-corrected chi connectivity index (χ0v) is 14.2. The van der Waals surface area contributed by atoms with Gasteiger partial charge < -0.3 is 5.11 Å². The number of hydrogen-bond donors (Lipinski definition) is 1. The lowest BCUT2D eigenvalue weighted by Gasteiger charge is -2.44. The van der Waals surface area contributed by atoms with Crippen LogP contribution in [0.1, 0.15) is 85.0 Å². The molecule has 2 aliphatic rings. The summed E-state index contributed by atoms with van der Waals surface area (Å²) < 4.78 is 0. The lowest BCUT2D eigenvalue weighted by molar-refractivity contribution is -0.0295. The second-order valence-corrected chi connectivity index (χ2v) is 8.60. The van der Waals surface area contributed by atoms with Gasteiger partial charge in [0.15, 0.2) is 0 Å². The largest absolute Gasteiger partial charge is 0.391 e. The van der Waals surface area contributed by atoms with E-state index in [9.17, 15) is 10.4 Å². The fourth-order valence-corrected chi connectivity index (χ4v) is 4.55. The first-order valence-corrected chi connectivity index (χ1v) is 8.98. The molecule has 21 heavy (non-hydrogen) atoms. The van der Waals surface area contributed by atoms with Crippen molar-refractivity contribution in [1.29, 1.82) is 5.26 Å². The van der Waals surface area contributed by atoms with Gasteiger partial charge in [-0.1, -0.05) is 46.5 Å². The molecule has 120 valence electrons. The van der Waals surface area contributed by atoms with Gasteiger partial charge >= 0.3 is 0 Å². The molecule has 0 aromatic rings. The molecule has 1 atom stereocenters. The Morgan fingerprint density at radius 1 is 1.00 bits per heavy atom. The summed E-state index contributed by atoms with van der Waals surface area (Å²) in [5.74, 6) is 1.05. The SMILES string of the molecule is CC(C)(C)C1CCC(C#N)(C(O)C2CCCCCC2)CC1. The first kappa shape index (κ1) is 16.8. The summed E-state index contributed by atoms with van der Waals surface area (Å²) in [5.41, 5.74) is -0.133. The topological polar surface area (TPSA) is 44.0 Å². The highest BCUT2D eigenvalue weighted by Gasteiger charge is 2.46. The number of nitrogens with zero attached hydrogens (tertiary/aromatic N) is 1. The lowest BCUT2D eigenvalue weighted by atomic mass is 9.60.